The number of aryl methyl sites for hydroxylation is 1. The molecular weight excluding hydrogens is 380 g/mol. The maximum Gasteiger partial charge on any atom is 0.226 e. The van der Waals surface area contributed by atoms with Gasteiger partial charge in [-0.2, -0.15) is 4.80 Å². The second-order valence-electron chi connectivity index (χ2n) is 7.30. The van der Waals surface area contributed by atoms with Gasteiger partial charge in [-0.05, 0) is 29.3 Å². The summed E-state index contributed by atoms with van der Waals surface area (Å²) in [6.07, 6.45) is 1.00. The summed E-state index contributed by atoms with van der Waals surface area (Å²) in [7, 11) is 0. The number of anilines is 1. The molecule has 1 heterocycles. The molecule has 1 aromatic heterocycles. The monoisotopic (exact) mass is 406 g/mol. The molecule has 0 saturated carbocycles. The maximum atomic E-state index is 12.1. The number of tetrazole rings is 1. The fourth-order valence-electron chi connectivity index (χ4n) is 2.70. The number of aromatic nitrogens is 4. The van der Waals surface area contributed by atoms with E-state index in [-0.39, 0.29) is 17.7 Å². The van der Waals surface area contributed by atoms with E-state index in [1.807, 2.05) is 68.4 Å². The van der Waals surface area contributed by atoms with Crippen LogP contribution in [0, 0.1) is 5.92 Å². The first kappa shape index (κ1) is 21.2. The zero-order chi connectivity index (χ0) is 21.3. The minimum Gasteiger partial charge on any atom is -0.352 e. The molecule has 0 saturated heterocycles. The lowest BCUT2D eigenvalue weighted by Gasteiger charge is -2.09. The first-order chi connectivity index (χ1) is 14.5. The third kappa shape index (κ3) is 6.23. The summed E-state index contributed by atoms with van der Waals surface area (Å²) in [6.45, 7) is 4.66. The summed E-state index contributed by atoms with van der Waals surface area (Å²) in [5.74, 6) is 0.457. The van der Waals surface area contributed by atoms with Crippen molar-refractivity contribution in [2.75, 3.05) is 5.32 Å². The van der Waals surface area contributed by atoms with E-state index in [2.05, 4.69) is 26.0 Å². The van der Waals surface area contributed by atoms with Crippen LogP contribution in [-0.2, 0) is 22.7 Å². The number of nitrogens with one attached hydrogen (secondary N) is 2. The summed E-state index contributed by atoms with van der Waals surface area (Å²) in [5, 5.41) is 18.2. The molecule has 0 spiro atoms. The summed E-state index contributed by atoms with van der Waals surface area (Å²) < 4.78 is 0. The third-order valence-corrected chi connectivity index (χ3v) is 4.48. The molecule has 3 aromatic rings. The molecule has 2 amide bonds. The Labute approximate surface area is 175 Å². The highest BCUT2D eigenvalue weighted by molar-refractivity contribution is 5.92. The molecule has 8 nitrogen and oxygen atoms in total. The summed E-state index contributed by atoms with van der Waals surface area (Å²) in [4.78, 5) is 25.3. The molecule has 2 aromatic carbocycles. The Kier molecular flexibility index (Phi) is 7.26. The van der Waals surface area contributed by atoms with E-state index in [0.717, 1.165) is 16.8 Å². The number of carbonyl (C=O) groups excluding carboxylic acids is 2. The number of benzene rings is 2. The second-order valence-corrected chi connectivity index (χ2v) is 7.30. The van der Waals surface area contributed by atoms with Gasteiger partial charge in [0.2, 0.25) is 17.6 Å². The summed E-state index contributed by atoms with van der Waals surface area (Å²) in [6, 6.07) is 17.1. The molecule has 2 N–H and O–H groups in total. The van der Waals surface area contributed by atoms with E-state index in [0.29, 0.717) is 31.8 Å². The van der Waals surface area contributed by atoms with Gasteiger partial charge in [0.1, 0.15) is 0 Å². The Balaban J connectivity index is 1.38. The topological polar surface area (TPSA) is 102 Å². The Morgan fingerprint density at radius 3 is 2.47 bits per heavy atom. The number of rotatable bonds is 9. The zero-order valence-electron chi connectivity index (χ0n) is 17.2. The Morgan fingerprint density at radius 1 is 1.03 bits per heavy atom. The van der Waals surface area contributed by atoms with Crippen molar-refractivity contribution >= 4 is 17.5 Å². The molecule has 0 aliphatic rings. The van der Waals surface area contributed by atoms with Crippen molar-refractivity contribution in [1.29, 1.82) is 0 Å². The van der Waals surface area contributed by atoms with E-state index in [1.54, 1.807) is 0 Å². The van der Waals surface area contributed by atoms with Crippen LogP contribution in [0.3, 0.4) is 0 Å². The smallest absolute Gasteiger partial charge is 0.226 e. The largest absolute Gasteiger partial charge is 0.352 e. The molecule has 0 fully saturated rings. The lowest BCUT2D eigenvalue weighted by molar-refractivity contribution is -0.121. The number of hydrogen-bond acceptors (Lipinski definition) is 5. The Morgan fingerprint density at radius 2 is 1.77 bits per heavy atom. The Bertz CT molecular complexity index is 967. The van der Waals surface area contributed by atoms with Gasteiger partial charge < -0.3 is 10.6 Å². The lowest BCUT2D eigenvalue weighted by atomic mass is 10.1. The fourth-order valence-corrected chi connectivity index (χ4v) is 2.70. The van der Waals surface area contributed by atoms with Crippen LogP contribution in [0.4, 0.5) is 5.69 Å². The normalized spacial score (nSPS) is 10.8. The van der Waals surface area contributed by atoms with Crippen LogP contribution in [0.5, 0.6) is 0 Å². The van der Waals surface area contributed by atoms with E-state index in [1.165, 1.54) is 4.80 Å². The zero-order valence-corrected chi connectivity index (χ0v) is 17.2. The van der Waals surface area contributed by atoms with Gasteiger partial charge >= 0.3 is 0 Å². The quantitative estimate of drug-likeness (QED) is 0.569. The van der Waals surface area contributed by atoms with Gasteiger partial charge in [-0.1, -0.05) is 56.3 Å². The van der Waals surface area contributed by atoms with Crippen molar-refractivity contribution in [3.8, 4) is 11.4 Å². The van der Waals surface area contributed by atoms with Gasteiger partial charge in [0.25, 0.3) is 0 Å². The number of hydrogen-bond donors (Lipinski definition) is 2. The van der Waals surface area contributed by atoms with Gasteiger partial charge in [0.05, 0.1) is 6.54 Å². The van der Waals surface area contributed by atoms with Gasteiger partial charge in [0.15, 0.2) is 0 Å². The predicted octanol–water partition coefficient (Wildman–Crippen LogP) is 3.03. The van der Waals surface area contributed by atoms with E-state index in [9.17, 15) is 9.59 Å². The molecule has 0 bridgehead atoms. The number of carbonyl (C=O) groups is 2. The van der Waals surface area contributed by atoms with Crippen LogP contribution in [0.15, 0.2) is 54.6 Å². The predicted molar refractivity (Wildman–Crippen MR) is 114 cm³/mol. The van der Waals surface area contributed by atoms with Crippen molar-refractivity contribution in [2.24, 2.45) is 5.92 Å². The number of amides is 2. The molecule has 0 aliphatic heterocycles. The van der Waals surface area contributed by atoms with Crippen molar-refractivity contribution in [1.82, 2.24) is 25.5 Å². The molecular formula is C22H26N6O2. The van der Waals surface area contributed by atoms with E-state index < -0.39 is 0 Å². The standard InChI is InChI=1S/C22H26N6O2/c1-16(2)22(30)24-19-12-10-17(11-13-19)15-23-20(29)9-6-14-28-26-21(25-27-28)18-7-4-3-5-8-18/h3-5,7-8,10-13,16H,6,9,14-15H2,1-2H3,(H,23,29)(H,24,30). The van der Waals surface area contributed by atoms with Crippen LogP contribution in [0.2, 0.25) is 0 Å². The van der Waals surface area contributed by atoms with E-state index >= 15 is 0 Å². The summed E-state index contributed by atoms with van der Waals surface area (Å²) >= 11 is 0. The molecule has 0 radical (unpaired) electrons. The van der Waals surface area contributed by atoms with E-state index in [4.69, 9.17) is 0 Å². The highest BCUT2D eigenvalue weighted by atomic mass is 16.2. The van der Waals surface area contributed by atoms with Crippen LogP contribution in [-0.4, -0.2) is 32.0 Å². The second kappa shape index (κ2) is 10.3. The molecule has 8 heteroatoms. The van der Waals surface area contributed by atoms with Crippen LogP contribution >= 0.6 is 0 Å². The summed E-state index contributed by atoms with van der Waals surface area (Å²) in [5.41, 5.74) is 2.63. The van der Waals surface area contributed by atoms with Crippen LogP contribution in [0.25, 0.3) is 11.4 Å². The van der Waals surface area contributed by atoms with Crippen molar-refractivity contribution in [3.63, 3.8) is 0 Å². The lowest BCUT2D eigenvalue weighted by Crippen LogP contribution is -2.23. The first-order valence-corrected chi connectivity index (χ1v) is 10.0. The van der Waals surface area contributed by atoms with Gasteiger partial charge in [-0.25, -0.2) is 0 Å². The van der Waals surface area contributed by atoms with Crippen LogP contribution < -0.4 is 10.6 Å². The van der Waals surface area contributed by atoms with Crippen LogP contribution in [0.1, 0.15) is 32.3 Å². The highest BCUT2D eigenvalue weighted by Gasteiger charge is 2.08. The molecule has 0 aliphatic carbocycles. The van der Waals surface area contributed by atoms with Crippen molar-refractivity contribution in [2.45, 2.75) is 39.8 Å². The maximum absolute atomic E-state index is 12.1. The molecule has 3 rings (SSSR count). The highest BCUT2D eigenvalue weighted by Crippen LogP contribution is 2.12. The van der Waals surface area contributed by atoms with Gasteiger partial charge in [-0.3, -0.25) is 9.59 Å². The fraction of sp³-hybridized carbons (Fsp3) is 0.318. The molecule has 156 valence electrons. The SMILES string of the molecule is CC(C)C(=O)Nc1ccc(CNC(=O)CCCn2nnc(-c3ccccc3)n2)cc1. The molecule has 0 unspecified atom stereocenters. The minimum atomic E-state index is -0.0680. The average molecular weight is 406 g/mol. The molecule has 30 heavy (non-hydrogen) atoms. The van der Waals surface area contributed by atoms with Gasteiger partial charge in [0, 0.05) is 30.1 Å². The van der Waals surface area contributed by atoms with Gasteiger partial charge in [-0.15, -0.1) is 10.2 Å². The Hall–Kier alpha value is -3.55. The number of nitrogens with zero attached hydrogens (tertiary/aromatic N) is 4. The average Bonchev–Trinajstić information content (AvgIpc) is 3.23. The molecule has 0 atom stereocenters. The third-order valence-electron chi connectivity index (χ3n) is 4.48. The van der Waals surface area contributed by atoms with Crippen molar-refractivity contribution < 1.29 is 9.59 Å². The van der Waals surface area contributed by atoms with Crippen molar-refractivity contribution in [3.05, 3.63) is 60.2 Å². The minimum absolute atomic E-state index is 0.0196. The first-order valence-electron chi connectivity index (χ1n) is 10.0.